The van der Waals surface area contributed by atoms with Crippen LogP contribution in [-0.2, 0) is 11.4 Å². The molecule has 1 saturated heterocycles. The number of fused-ring (bicyclic) bond motifs is 1. The zero-order valence-corrected chi connectivity index (χ0v) is 16.0. The van der Waals surface area contributed by atoms with Gasteiger partial charge in [-0.25, -0.2) is 4.98 Å². The maximum atomic E-state index is 12.6. The van der Waals surface area contributed by atoms with Crippen molar-refractivity contribution in [3.8, 4) is 11.5 Å². The van der Waals surface area contributed by atoms with E-state index in [2.05, 4.69) is 10.3 Å². The molecule has 0 aliphatic carbocycles. The summed E-state index contributed by atoms with van der Waals surface area (Å²) in [5.41, 5.74) is 0.168. The minimum absolute atomic E-state index is 0.0259. The third-order valence-corrected chi connectivity index (χ3v) is 4.70. The van der Waals surface area contributed by atoms with E-state index in [-0.39, 0.29) is 30.7 Å². The first-order chi connectivity index (χ1) is 14.1. The number of methoxy groups -OCH3 is 1. The second kappa shape index (κ2) is 8.22. The van der Waals surface area contributed by atoms with Gasteiger partial charge in [0.05, 0.1) is 13.7 Å². The van der Waals surface area contributed by atoms with Crippen molar-refractivity contribution in [1.29, 1.82) is 0 Å². The van der Waals surface area contributed by atoms with Crippen LogP contribution < -0.4 is 14.8 Å². The van der Waals surface area contributed by atoms with Crippen molar-refractivity contribution in [2.45, 2.75) is 13.0 Å². The number of carbonyl (C=O) groups excluding carboxylic acids is 2. The van der Waals surface area contributed by atoms with Crippen molar-refractivity contribution in [2.24, 2.45) is 0 Å². The Morgan fingerprint density at radius 2 is 2.00 bits per heavy atom. The number of ether oxygens (including phenoxy) is 2. The highest BCUT2D eigenvalue weighted by Crippen LogP contribution is 2.25. The molecule has 0 spiro atoms. The number of hydrogen-bond donors (Lipinski definition) is 1. The zero-order chi connectivity index (χ0) is 20.2. The van der Waals surface area contributed by atoms with Crippen molar-refractivity contribution in [3.63, 3.8) is 0 Å². The van der Waals surface area contributed by atoms with Gasteiger partial charge in [-0.1, -0.05) is 12.1 Å². The van der Waals surface area contributed by atoms with E-state index in [1.165, 1.54) is 11.2 Å². The lowest BCUT2D eigenvalue weighted by Gasteiger charge is -2.16. The smallest absolute Gasteiger partial charge is 0.276 e. The van der Waals surface area contributed by atoms with Crippen LogP contribution in [0.2, 0.25) is 0 Å². The third kappa shape index (κ3) is 4.31. The molecule has 8 nitrogen and oxygen atoms in total. The summed E-state index contributed by atoms with van der Waals surface area (Å²) in [5.74, 6) is 1.22. The van der Waals surface area contributed by atoms with E-state index in [1.54, 1.807) is 7.11 Å². The molecule has 3 aromatic rings. The Bertz CT molecular complexity index is 1050. The Labute approximate surface area is 167 Å². The Kier molecular flexibility index (Phi) is 5.33. The molecule has 1 aliphatic heterocycles. The number of carbonyl (C=O) groups is 2. The molecule has 0 atom stereocenters. The molecule has 1 N–H and O–H groups in total. The van der Waals surface area contributed by atoms with Gasteiger partial charge in [0.15, 0.2) is 12.3 Å². The van der Waals surface area contributed by atoms with E-state index in [1.807, 2.05) is 36.4 Å². The summed E-state index contributed by atoms with van der Waals surface area (Å²) in [4.78, 5) is 29.9. The molecule has 29 heavy (non-hydrogen) atoms. The number of benzene rings is 2. The van der Waals surface area contributed by atoms with Gasteiger partial charge >= 0.3 is 0 Å². The normalized spacial score (nSPS) is 14.4. The van der Waals surface area contributed by atoms with Gasteiger partial charge in [0.25, 0.3) is 5.91 Å². The summed E-state index contributed by atoms with van der Waals surface area (Å²) in [7, 11) is 1.63. The quantitative estimate of drug-likeness (QED) is 0.713. The van der Waals surface area contributed by atoms with Crippen LogP contribution in [0.3, 0.4) is 0 Å². The predicted molar refractivity (Wildman–Crippen MR) is 105 cm³/mol. The van der Waals surface area contributed by atoms with Crippen molar-refractivity contribution >= 4 is 22.6 Å². The number of amides is 2. The molecule has 0 saturated carbocycles. The minimum atomic E-state index is -0.324. The Hall–Kier alpha value is -3.55. The zero-order valence-electron chi connectivity index (χ0n) is 16.0. The van der Waals surface area contributed by atoms with E-state index >= 15 is 0 Å². The average molecular weight is 395 g/mol. The van der Waals surface area contributed by atoms with E-state index in [0.29, 0.717) is 31.2 Å². The van der Waals surface area contributed by atoms with Gasteiger partial charge in [0.2, 0.25) is 11.8 Å². The molecular weight excluding hydrogens is 374 g/mol. The predicted octanol–water partition coefficient (Wildman–Crippen LogP) is 2.38. The highest BCUT2D eigenvalue weighted by atomic mass is 16.5. The van der Waals surface area contributed by atoms with E-state index in [0.717, 1.165) is 16.5 Å². The maximum absolute atomic E-state index is 12.6. The maximum Gasteiger partial charge on any atom is 0.276 e. The Balaban J connectivity index is 1.42. The summed E-state index contributed by atoms with van der Waals surface area (Å²) in [6.07, 6.45) is 2.01. The first kappa shape index (κ1) is 18.8. The van der Waals surface area contributed by atoms with E-state index in [9.17, 15) is 9.59 Å². The van der Waals surface area contributed by atoms with Crippen LogP contribution in [0.25, 0.3) is 10.8 Å². The summed E-state index contributed by atoms with van der Waals surface area (Å²) < 4.78 is 16.4. The van der Waals surface area contributed by atoms with Crippen molar-refractivity contribution < 1.29 is 23.5 Å². The summed E-state index contributed by atoms with van der Waals surface area (Å²) in [6, 6.07) is 11.5. The molecule has 8 heteroatoms. The molecule has 1 aromatic heterocycles. The summed E-state index contributed by atoms with van der Waals surface area (Å²) in [5, 5.41) is 4.80. The number of nitrogens with zero attached hydrogens (tertiary/aromatic N) is 2. The van der Waals surface area contributed by atoms with Crippen LogP contribution in [0.5, 0.6) is 11.5 Å². The number of hydrogen-bond acceptors (Lipinski definition) is 6. The van der Waals surface area contributed by atoms with Crippen LogP contribution in [0.15, 0.2) is 47.1 Å². The molecule has 4 rings (SSSR count). The van der Waals surface area contributed by atoms with Crippen LogP contribution in [0.4, 0.5) is 0 Å². The lowest BCUT2D eigenvalue weighted by atomic mass is 10.1. The number of nitrogens with one attached hydrogen (secondary N) is 1. The van der Waals surface area contributed by atoms with Gasteiger partial charge in [0, 0.05) is 13.1 Å². The second-order valence-corrected chi connectivity index (χ2v) is 6.72. The lowest BCUT2D eigenvalue weighted by Crippen LogP contribution is -2.37. The first-order valence-corrected chi connectivity index (χ1v) is 9.33. The molecule has 0 bridgehead atoms. The van der Waals surface area contributed by atoms with Crippen LogP contribution >= 0.6 is 0 Å². The average Bonchev–Trinajstić information content (AvgIpc) is 3.11. The molecule has 0 unspecified atom stereocenters. The fourth-order valence-electron chi connectivity index (χ4n) is 3.18. The molecule has 150 valence electrons. The van der Waals surface area contributed by atoms with Crippen LogP contribution in [0.1, 0.15) is 22.8 Å². The molecule has 1 fully saturated rings. The highest BCUT2D eigenvalue weighted by Gasteiger charge is 2.23. The first-order valence-electron chi connectivity index (χ1n) is 9.33. The van der Waals surface area contributed by atoms with Gasteiger partial charge in [-0.2, -0.15) is 0 Å². The van der Waals surface area contributed by atoms with E-state index < -0.39 is 0 Å². The minimum Gasteiger partial charge on any atom is -0.497 e. The highest BCUT2D eigenvalue weighted by molar-refractivity contribution is 5.94. The fraction of sp³-hybridized carbons (Fsp3) is 0.286. The molecule has 1 aliphatic rings. The third-order valence-electron chi connectivity index (χ3n) is 4.70. The largest absolute Gasteiger partial charge is 0.497 e. The SMILES string of the molecule is COc1ccc2ccc(OCc3nc(C(=O)N4CCCNC(=O)C4)co3)cc2c1. The monoisotopic (exact) mass is 395 g/mol. The van der Waals surface area contributed by atoms with Gasteiger partial charge in [-0.15, -0.1) is 0 Å². The summed E-state index contributed by atoms with van der Waals surface area (Å²) in [6.45, 7) is 1.18. The standard InChI is InChI=1S/C21H21N3O5/c1-27-16-5-3-14-4-6-17(10-15(14)9-16)28-13-20-23-18(12-29-20)21(26)24-8-2-7-22-19(25)11-24/h3-6,9-10,12H,2,7-8,11,13H2,1H3,(H,22,25). The number of aromatic nitrogens is 1. The van der Waals surface area contributed by atoms with Crippen LogP contribution in [-0.4, -0.2) is 48.4 Å². The topological polar surface area (TPSA) is 93.9 Å². The molecule has 2 amide bonds. The second-order valence-electron chi connectivity index (χ2n) is 6.72. The van der Waals surface area contributed by atoms with Crippen LogP contribution in [0, 0.1) is 0 Å². The van der Waals surface area contributed by atoms with E-state index in [4.69, 9.17) is 13.9 Å². The molecule has 0 radical (unpaired) electrons. The molecule has 2 heterocycles. The Morgan fingerprint density at radius 3 is 2.83 bits per heavy atom. The van der Waals surface area contributed by atoms with Gasteiger partial charge in [-0.05, 0) is 41.5 Å². The Morgan fingerprint density at radius 1 is 1.21 bits per heavy atom. The molecular formula is C21H21N3O5. The number of oxazole rings is 1. The van der Waals surface area contributed by atoms with Gasteiger partial charge < -0.3 is 24.1 Å². The fourth-order valence-corrected chi connectivity index (χ4v) is 3.18. The van der Waals surface area contributed by atoms with Crippen molar-refractivity contribution in [2.75, 3.05) is 26.7 Å². The lowest BCUT2D eigenvalue weighted by molar-refractivity contribution is -0.121. The van der Waals surface area contributed by atoms with Crippen molar-refractivity contribution in [3.05, 3.63) is 54.2 Å². The van der Waals surface area contributed by atoms with Crippen molar-refractivity contribution in [1.82, 2.24) is 15.2 Å². The van der Waals surface area contributed by atoms with Gasteiger partial charge in [-0.3, -0.25) is 9.59 Å². The molecule has 2 aromatic carbocycles. The van der Waals surface area contributed by atoms with Gasteiger partial charge in [0.1, 0.15) is 17.8 Å². The number of rotatable bonds is 5. The summed E-state index contributed by atoms with van der Waals surface area (Å²) >= 11 is 0.